The van der Waals surface area contributed by atoms with Gasteiger partial charge < -0.3 is 9.29 Å². The van der Waals surface area contributed by atoms with E-state index in [1.165, 1.54) is 12.1 Å². The van der Waals surface area contributed by atoms with Gasteiger partial charge in [-0.1, -0.05) is 0 Å². The van der Waals surface area contributed by atoms with Crippen LogP contribution in [0, 0.1) is 5.82 Å². The minimum atomic E-state index is -0.292. The largest absolute Gasteiger partial charge is 0.457 e. The maximum atomic E-state index is 12.6. The number of hydrogen-bond donors (Lipinski definition) is 1. The summed E-state index contributed by atoms with van der Waals surface area (Å²) in [6.07, 6.45) is 0. The highest BCUT2D eigenvalue weighted by molar-refractivity contribution is 7.93. The van der Waals surface area contributed by atoms with Crippen LogP contribution in [0.1, 0.15) is 0 Å². The fraction of sp³-hybridized carbons (Fsp3) is 0. The smallest absolute Gasteiger partial charge is 0.127 e. The van der Waals surface area contributed by atoms with Crippen molar-refractivity contribution in [3.8, 4) is 11.5 Å². The minimum Gasteiger partial charge on any atom is -0.457 e. The number of halogens is 1. The zero-order valence-corrected chi connectivity index (χ0v) is 9.08. The van der Waals surface area contributed by atoms with E-state index in [4.69, 9.17) is 9.29 Å². The summed E-state index contributed by atoms with van der Waals surface area (Å²) in [6, 6.07) is 12.8. The number of ether oxygens (including phenoxy) is 1. The van der Waals surface area contributed by atoms with Crippen LogP contribution >= 0.6 is 12.0 Å². The third-order valence-corrected chi connectivity index (χ3v) is 2.46. The molecule has 0 aliphatic heterocycles. The van der Waals surface area contributed by atoms with Crippen LogP contribution in [0.25, 0.3) is 0 Å². The zero-order valence-electron chi connectivity index (χ0n) is 8.26. The molecule has 0 aromatic heterocycles. The van der Waals surface area contributed by atoms with E-state index in [0.717, 1.165) is 4.90 Å². The summed E-state index contributed by atoms with van der Waals surface area (Å²) in [5.41, 5.74) is 0. The Kier molecular flexibility index (Phi) is 3.44. The Bertz CT molecular complexity index is 453. The molecule has 0 saturated carbocycles. The Morgan fingerprint density at radius 2 is 1.38 bits per heavy atom. The highest BCUT2D eigenvalue weighted by Crippen LogP contribution is 2.24. The zero-order chi connectivity index (χ0) is 11.4. The molecule has 16 heavy (non-hydrogen) atoms. The van der Waals surface area contributed by atoms with Gasteiger partial charge >= 0.3 is 0 Å². The molecule has 0 saturated heterocycles. The molecule has 0 radical (unpaired) electrons. The molecule has 0 aliphatic carbocycles. The Labute approximate surface area is 96.9 Å². The molecule has 1 N–H and O–H groups in total. The van der Waals surface area contributed by atoms with Gasteiger partial charge in [-0.2, -0.15) is 0 Å². The van der Waals surface area contributed by atoms with Crippen LogP contribution in [0.4, 0.5) is 4.39 Å². The molecule has 0 aliphatic rings. The quantitative estimate of drug-likeness (QED) is 0.810. The van der Waals surface area contributed by atoms with Crippen molar-refractivity contribution in [1.82, 2.24) is 0 Å². The monoisotopic (exact) mass is 236 g/mol. The second-order valence-corrected chi connectivity index (χ2v) is 3.77. The van der Waals surface area contributed by atoms with E-state index < -0.39 is 0 Å². The van der Waals surface area contributed by atoms with E-state index in [9.17, 15) is 4.39 Å². The summed E-state index contributed by atoms with van der Waals surface area (Å²) in [7, 11) is 0. The first-order chi connectivity index (χ1) is 7.78. The van der Waals surface area contributed by atoms with E-state index in [0.29, 0.717) is 23.5 Å². The fourth-order valence-corrected chi connectivity index (χ4v) is 1.47. The van der Waals surface area contributed by atoms with Gasteiger partial charge in [0.2, 0.25) is 0 Å². The minimum absolute atomic E-state index is 0.292. The van der Waals surface area contributed by atoms with Gasteiger partial charge in [-0.15, -0.1) is 0 Å². The first-order valence-electron chi connectivity index (χ1n) is 4.63. The molecule has 2 nitrogen and oxygen atoms in total. The molecular formula is C12H9FO2S. The predicted octanol–water partition coefficient (Wildman–Crippen LogP) is 4.18. The molecule has 82 valence electrons. The number of benzene rings is 2. The molecule has 0 fully saturated rings. The van der Waals surface area contributed by atoms with Gasteiger partial charge in [0.05, 0.1) is 0 Å². The van der Waals surface area contributed by atoms with Crippen molar-refractivity contribution in [3.63, 3.8) is 0 Å². The van der Waals surface area contributed by atoms with Crippen LogP contribution in [0.2, 0.25) is 0 Å². The van der Waals surface area contributed by atoms with Gasteiger partial charge in [0.15, 0.2) is 0 Å². The summed E-state index contributed by atoms with van der Waals surface area (Å²) in [5, 5.41) is 0. The third kappa shape index (κ3) is 2.74. The van der Waals surface area contributed by atoms with Crippen LogP contribution in [0.3, 0.4) is 0 Å². The van der Waals surface area contributed by atoms with Gasteiger partial charge in [-0.05, 0) is 48.5 Å². The molecule has 0 spiro atoms. The molecular weight excluding hydrogens is 227 g/mol. The predicted molar refractivity (Wildman–Crippen MR) is 61.4 cm³/mol. The lowest BCUT2D eigenvalue weighted by Crippen LogP contribution is -1.84. The van der Waals surface area contributed by atoms with E-state index in [1.54, 1.807) is 36.4 Å². The summed E-state index contributed by atoms with van der Waals surface area (Å²) in [5.74, 6) is 0.926. The Morgan fingerprint density at radius 1 is 0.875 bits per heavy atom. The second-order valence-electron chi connectivity index (χ2n) is 3.12. The van der Waals surface area contributed by atoms with Crippen molar-refractivity contribution in [2.75, 3.05) is 0 Å². The molecule has 0 heterocycles. The van der Waals surface area contributed by atoms with Gasteiger partial charge in [-0.3, -0.25) is 0 Å². The molecule has 2 aromatic rings. The molecule has 0 atom stereocenters. The molecule has 4 heteroatoms. The lowest BCUT2D eigenvalue weighted by molar-refractivity contribution is 0.480. The average molecular weight is 236 g/mol. The molecule has 0 bridgehead atoms. The van der Waals surface area contributed by atoms with E-state index in [-0.39, 0.29) is 5.82 Å². The van der Waals surface area contributed by atoms with Crippen LogP contribution in [-0.2, 0) is 0 Å². The Morgan fingerprint density at radius 3 is 1.88 bits per heavy atom. The van der Waals surface area contributed by atoms with Gasteiger partial charge in [0, 0.05) is 16.9 Å². The summed E-state index contributed by atoms with van der Waals surface area (Å²) >= 11 is 0.681. The van der Waals surface area contributed by atoms with Gasteiger partial charge in [0.25, 0.3) is 0 Å². The van der Waals surface area contributed by atoms with Gasteiger partial charge in [-0.25, -0.2) is 4.39 Å². The first kappa shape index (κ1) is 11.0. The van der Waals surface area contributed by atoms with Gasteiger partial charge in [0.1, 0.15) is 17.3 Å². The van der Waals surface area contributed by atoms with Crippen molar-refractivity contribution < 1.29 is 13.7 Å². The van der Waals surface area contributed by atoms with E-state index in [2.05, 4.69) is 0 Å². The SMILES string of the molecule is OSc1ccc(Oc2ccc(F)cc2)cc1. The van der Waals surface area contributed by atoms with Crippen LogP contribution in [0.15, 0.2) is 53.4 Å². The van der Waals surface area contributed by atoms with Crippen LogP contribution < -0.4 is 4.74 Å². The summed E-state index contributed by atoms with van der Waals surface area (Å²) in [6.45, 7) is 0. The topological polar surface area (TPSA) is 29.5 Å². The normalized spacial score (nSPS) is 10.1. The third-order valence-electron chi connectivity index (χ3n) is 1.98. The van der Waals surface area contributed by atoms with Crippen molar-refractivity contribution in [2.45, 2.75) is 4.90 Å². The molecule has 0 unspecified atom stereocenters. The number of rotatable bonds is 3. The highest BCUT2D eigenvalue weighted by atomic mass is 32.2. The van der Waals surface area contributed by atoms with Crippen LogP contribution in [-0.4, -0.2) is 4.55 Å². The number of hydrogen-bond acceptors (Lipinski definition) is 3. The first-order valence-corrected chi connectivity index (χ1v) is 5.40. The van der Waals surface area contributed by atoms with Crippen LogP contribution in [0.5, 0.6) is 11.5 Å². The highest BCUT2D eigenvalue weighted by Gasteiger charge is 1.98. The van der Waals surface area contributed by atoms with E-state index >= 15 is 0 Å². The summed E-state index contributed by atoms with van der Waals surface area (Å²) < 4.78 is 26.9. The Balaban J connectivity index is 2.11. The maximum absolute atomic E-state index is 12.6. The Hall–Kier alpha value is -1.52. The molecule has 0 amide bonds. The summed E-state index contributed by atoms with van der Waals surface area (Å²) in [4.78, 5) is 0.742. The lowest BCUT2D eigenvalue weighted by atomic mass is 10.3. The lowest BCUT2D eigenvalue weighted by Gasteiger charge is -2.05. The second kappa shape index (κ2) is 5.01. The molecule has 2 rings (SSSR count). The fourth-order valence-electron chi connectivity index (χ4n) is 1.21. The van der Waals surface area contributed by atoms with Crippen molar-refractivity contribution in [3.05, 3.63) is 54.3 Å². The molecule has 2 aromatic carbocycles. The van der Waals surface area contributed by atoms with Crippen molar-refractivity contribution in [2.24, 2.45) is 0 Å². The standard InChI is InChI=1S/C12H9FO2S/c13-9-1-3-10(4-2-9)15-11-5-7-12(16-14)8-6-11/h1-8,14H. The van der Waals surface area contributed by atoms with Crippen molar-refractivity contribution in [1.29, 1.82) is 0 Å². The maximum Gasteiger partial charge on any atom is 0.127 e. The van der Waals surface area contributed by atoms with Crippen molar-refractivity contribution >= 4 is 12.0 Å². The average Bonchev–Trinajstić information content (AvgIpc) is 2.33. The van der Waals surface area contributed by atoms with E-state index in [1.807, 2.05) is 0 Å².